The van der Waals surface area contributed by atoms with Gasteiger partial charge in [-0.2, -0.15) is 14.8 Å². The van der Waals surface area contributed by atoms with Crippen LogP contribution in [0.1, 0.15) is 27.2 Å². The van der Waals surface area contributed by atoms with Crippen LogP contribution in [0.5, 0.6) is 0 Å². The summed E-state index contributed by atoms with van der Waals surface area (Å²) in [5.41, 5.74) is 8.07. The van der Waals surface area contributed by atoms with E-state index in [0.29, 0.717) is 42.9 Å². The molecule has 0 atom stereocenters. The van der Waals surface area contributed by atoms with Gasteiger partial charge in [-0.3, -0.25) is 4.79 Å². The molecule has 162 valence electrons. The fourth-order valence-electron chi connectivity index (χ4n) is 3.75. The van der Waals surface area contributed by atoms with E-state index >= 15 is 0 Å². The molecule has 0 saturated carbocycles. The van der Waals surface area contributed by atoms with Gasteiger partial charge in [-0.25, -0.2) is 13.8 Å². The Hall–Kier alpha value is -3.92. The van der Waals surface area contributed by atoms with E-state index in [-0.39, 0.29) is 17.3 Å². The van der Waals surface area contributed by atoms with Crippen LogP contribution in [0.3, 0.4) is 0 Å². The van der Waals surface area contributed by atoms with Crippen molar-refractivity contribution in [1.29, 1.82) is 0 Å². The maximum absolute atomic E-state index is 14.2. The van der Waals surface area contributed by atoms with Gasteiger partial charge in [0.2, 0.25) is 5.91 Å². The number of anilines is 1. The number of halogens is 2. The maximum Gasteiger partial charge on any atom is 0.253 e. The summed E-state index contributed by atoms with van der Waals surface area (Å²) in [6.07, 6.45) is 2.00. The van der Waals surface area contributed by atoms with Crippen LogP contribution in [0.4, 0.5) is 14.6 Å². The topological polar surface area (TPSA) is 108 Å². The van der Waals surface area contributed by atoms with Crippen LogP contribution >= 0.6 is 0 Å². The standard InChI is InChI=1S/C22H18F2N6O2/c23-13-3-1-2-12(6-13)9-26-21-17-11-32-5-4-18(17)28-22(29-21)30-19-8-14(24)7-15(20(25)31)16(19)10-27-30/h1-3,6-8,10H,4-5,9,11H2,(H2,25,31)(H,26,28,29). The number of ether oxygens (including phenoxy) is 1. The Morgan fingerprint density at radius 1 is 1.19 bits per heavy atom. The lowest BCUT2D eigenvalue weighted by atomic mass is 10.1. The first-order valence-corrected chi connectivity index (χ1v) is 9.93. The predicted octanol–water partition coefficient (Wildman–Crippen LogP) is 2.88. The number of benzene rings is 2. The average Bonchev–Trinajstić information content (AvgIpc) is 3.20. The molecule has 5 rings (SSSR count). The molecule has 3 heterocycles. The molecular formula is C22H18F2N6O2. The van der Waals surface area contributed by atoms with Gasteiger partial charge in [-0.15, -0.1) is 0 Å². The van der Waals surface area contributed by atoms with Crippen molar-refractivity contribution in [2.24, 2.45) is 5.73 Å². The van der Waals surface area contributed by atoms with Crippen LogP contribution in [0, 0.1) is 11.6 Å². The van der Waals surface area contributed by atoms with Crippen molar-refractivity contribution < 1.29 is 18.3 Å². The van der Waals surface area contributed by atoms with Crippen molar-refractivity contribution in [2.45, 2.75) is 19.6 Å². The van der Waals surface area contributed by atoms with E-state index in [0.717, 1.165) is 22.9 Å². The van der Waals surface area contributed by atoms with E-state index in [2.05, 4.69) is 20.4 Å². The summed E-state index contributed by atoms with van der Waals surface area (Å²) in [7, 11) is 0. The van der Waals surface area contributed by atoms with E-state index in [1.807, 2.05) is 0 Å². The van der Waals surface area contributed by atoms with Gasteiger partial charge < -0.3 is 15.8 Å². The lowest BCUT2D eigenvalue weighted by Gasteiger charge is -2.20. The molecule has 0 radical (unpaired) electrons. The Balaban J connectivity index is 1.59. The van der Waals surface area contributed by atoms with E-state index in [4.69, 9.17) is 10.5 Å². The molecule has 0 spiro atoms. The molecular weight excluding hydrogens is 418 g/mol. The zero-order valence-corrected chi connectivity index (χ0v) is 16.8. The highest BCUT2D eigenvalue weighted by molar-refractivity contribution is 6.05. The molecule has 10 heteroatoms. The Kier molecular flexibility index (Phi) is 4.98. The number of carbonyl (C=O) groups excluding carboxylic acids is 1. The second-order valence-corrected chi connectivity index (χ2v) is 7.39. The highest BCUT2D eigenvalue weighted by Crippen LogP contribution is 2.27. The van der Waals surface area contributed by atoms with Crippen molar-refractivity contribution in [2.75, 3.05) is 11.9 Å². The van der Waals surface area contributed by atoms with Gasteiger partial charge >= 0.3 is 0 Å². The molecule has 32 heavy (non-hydrogen) atoms. The number of hydrogen-bond donors (Lipinski definition) is 2. The second kappa shape index (κ2) is 7.97. The molecule has 1 amide bonds. The van der Waals surface area contributed by atoms with Crippen LogP contribution in [0.25, 0.3) is 16.9 Å². The van der Waals surface area contributed by atoms with Gasteiger partial charge in [0.05, 0.1) is 36.2 Å². The molecule has 4 aromatic rings. The van der Waals surface area contributed by atoms with Crippen molar-refractivity contribution >= 4 is 22.6 Å². The van der Waals surface area contributed by atoms with Crippen LogP contribution in [-0.2, 0) is 24.3 Å². The molecule has 0 unspecified atom stereocenters. The SMILES string of the molecule is NC(=O)c1cc(F)cc2c1cnn2-c1nc2c(c(NCc3cccc(F)c3)n1)COCC2. The Morgan fingerprint density at radius 3 is 2.88 bits per heavy atom. The van der Waals surface area contributed by atoms with E-state index < -0.39 is 11.7 Å². The van der Waals surface area contributed by atoms with E-state index in [1.54, 1.807) is 12.1 Å². The van der Waals surface area contributed by atoms with Crippen LogP contribution < -0.4 is 11.1 Å². The smallest absolute Gasteiger partial charge is 0.253 e. The molecule has 0 aliphatic carbocycles. The fourth-order valence-corrected chi connectivity index (χ4v) is 3.75. The minimum atomic E-state index is -0.755. The Labute approximate surface area is 181 Å². The summed E-state index contributed by atoms with van der Waals surface area (Å²) in [6, 6.07) is 8.58. The van der Waals surface area contributed by atoms with Crippen LogP contribution in [-0.4, -0.2) is 32.3 Å². The van der Waals surface area contributed by atoms with Gasteiger partial charge in [0.15, 0.2) is 0 Å². The molecule has 1 aliphatic heterocycles. The third kappa shape index (κ3) is 3.65. The zero-order chi connectivity index (χ0) is 22.2. The number of hydrogen-bond acceptors (Lipinski definition) is 6. The van der Waals surface area contributed by atoms with Crippen molar-refractivity contribution in [3.63, 3.8) is 0 Å². The number of nitrogens with one attached hydrogen (secondary N) is 1. The number of amides is 1. The minimum Gasteiger partial charge on any atom is -0.376 e. The van der Waals surface area contributed by atoms with Gasteiger partial charge in [0.1, 0.15) is 17.5 Å². The lowest BCUT2D eigenvalue weighted by Crippen LogP contribution is -2.19. The Bertz CT molecular complexity index is 1350. The largest absolute Gasteiger partial charge is 0.376 e. The van der Waals surface area contributed by atoms with E-state index in [9.17, 15) is 13.6 Å². The number of nitrogens with zero attached hydrogens (tertiary/aromatic N) is 4. The number of aromatic nitrogens is 4. The first kappa shape index (κ1) is 20.0. The molecule has 3 N–H and O–H groups in total. The number of carbonyl (C=O) groups is 1. The van der Waals surface area contributed by atoms with Gasteiger partial charge in [-0.05, 0) is 23.8 Å². The minimum absolute atomic E-state index is 0.0297. The highest BCUT2D eigenvalue weighted by atomic mass is 19.1. The number of fused-ring (bicyclic) bond motifs is 2. The number of primary amides is 1. The van der Waals surface area contributed by atoms with Gasteiger partial charge in [0.25, 0.3) is 5.95 Å². The molecule has 2 aromatic carbocycles. The molecule has 8 nitrogen and oxygen atoms in total. The van der Waals surface area contributed by atoms with Crippen molar-refractivity contribution in [1.82, 2.24) is 19.7 Å². The molecule has 1 aliphatic rings. The number of nitrogens with two attached hydrogens (primary N) is 1. The summed E-state index contributed by atoms with van der Waals surface area (Å²) in [5.74, 6) is -0.972. The fraction of sp³-hybridized carbons (Fsp3) is 0.182. The first-order chi connectivity index (χ1) is 15.5. The van der Waals surface area contributed by atoms with E-state index in [1.165, 1.54) is 29.1 Å². The normalized spacial score (nSPS) is 13.2. The summed E-state index contributed by atoms with van der Waals surface area (Å²) < 4.78 is 34.6. The van der Waals surface area contributed by atoms with Gasteiger partial charge in [-0.1, -0.05) is 12.1 Å². The van der Waals surface area contributed by atoms with Crippen LogP contribution in [0.15, 0.2) is 42.6 Å². The van der Waals surface area contributed by atoms with Crippen LogP contribution in [0.2, 0.25) is 0 Å². The summed E-state index contributed by atoms with van der Waals surface area (Å²) in [5, 5.41) is 7.90. The highest BCUT2D eigenvalue weighted by Gasteiger charge is 2.21. The summed E-state index contributed by atoms with van der Waals surface area (Å²) in [4.78, 5) is 20.9. The zero-order valence-electron chi connectivity index (χ0n) is 16.8. The number of rotatable bonds is 5. The maximum atomic E-state index is 14.2. The lowest BCUT2D eigenvalue weighted by molar-refractivity contribution is 0.100. The third-order valence-electron chi connectivity index (χ3n) is 5.27. The van der Waals surface area contributed by atoms with Crippen molar-refractivity contribution in [3.05, 3.63) is 76.6 Å². The van der Waals surface area contributed by atoms with Gasteiger partial charge in [0, 0.05) is 30.0 Å². The average molecular weight is 436 g/mol. The van der Waals surface area contributed by atoms with Crippen molar-refractivity contribution in [3.8, 4) is 5.95 Å². The predicted molar refractivity (Wildman–Crippen MR) is 112 cm³/mol. The molecule has 2 aromatic heterocycles. The quantitative estimate of drug-likeness (QED) is 0.498. The monoisotopic (exact) mass is 436 g/mol. The summed E-state index contributed by atoms with van der Waals surface area (Å²) >= 11 is 0. The third-order valence-corrected chi connectivity index (χ3v) is 5.27. The molecule has 0 fully saturated rings. The Morgan fingerprint density at radius 2 is 2.06 bits per heavy atom. The molecule has 0 bridgehead atoms. The molecule has 0 saturated heterocycles. The first-order valence-electron chi connectivity index (χ1n) is 9.93. The second-order valence-electron chi connectivity index (χ2n) is 7.39. The summed E-state index contributed by atoms with van der Waals surface area (Å²) in [6.45, 7) is 1.18.